The van der Waals surface area contributed by atoms with Crippen molar-refractivity contribution in [2.24, 2.45) is 0 Å². The first-order valence-corrected chi connectivity index (χ1v) is 13.1. The van der Waals surface area contributed by atoms with E-state index >= 15 is 4.39 Å². The third-order valence-electron chi connectivity index (χ3n) is 6.83. The number of likely N-dealkylation sites (N-methyl/N-ethyl adjacent to an activating group) is 1. The van der Waals surface area contributed by atoms with Crippen LogP contribution in [0, 0.1) is 12.7 Å². The molecule has 3 aromatic carbocycles. The highest BCUT2D eigenvalue weighted by Gasteiger charge is 2.21. The maximum atomic E-state index is 15.3. The third-order valence-corrected chi connectivity index (χ3v) is 7.78. The fourth-order valence-corrected chi connectivity index (χ4v) is 5.58. The number of rotatable bonds is 4. The highest BCUT2D eigenvalue weighted by molar-refractivity contribution is 7.18. The van der Waals surface area contributed by atoms with E-state index in [1.807, 2.05) is 50.4 Å². The zero-order chi connectivity index (χ0) is 25.5. The second kappa shape index (κ2) is 9.53. The summed E-state index contributed by atoms with van der Waals surface area (Å²) in [5.74, 6) is -0.540. The number of carbonyl (C=O) groups excluding carboxylic acids is 1. The van der Waals surface area contributed by atoms with Crippen LogP contribution < -0.4 is 5.32 Å². The van der Waals surface area contributed by atoms with E-state index in [2.05, 4.69) is 26.3 Å². The highest BCUT2D eigenvalue weighted by atomic mass is 32.1. The molecule has 1 fully saturated rings. The number of fused-ring (bicyclic) bond motifs is 2. The number of anilines is 2. The Bertz CT molecular complexity index is 1640. The van der Waals surface area contributed by atoms with E-state index in [1.54, 1.807) is 34.6 Å². The second-order valence-electron chi connectivity index (χ2n) is 9.42. The van der Waals surface area contributed by atoms with Crippen molar-refractivity contribution in [2.75, 3.05) is 38.5 Å². The number of pyridine rings is 1. The molecule has 1 aliphatic heterocycles. The average molecular weight is 512 g/mol. The van der Waals surface area contributed by atoms with Gasteiger partial charge in [0.25, 0.3) is 5.91 Å². The molecular weight excluding hydrogens is 485 g/mol. The van der Waals surface area contributed by atoms with Crippen LogP contribution in [0.3, 0.4) is 0 Å². The molecule has 1 amide bonds. The summed E-state index contributed by atoms with van der Waals surface area (Å²) in [4.78, 5) is 26.0. The molecule has 37 heavy (non-hydrogen) atoms. The number of carbonyl (C=O) groups is 1. The number of piperazine rings is 1. The van der Waals surface area contributed by atoms with Gasteiger partial charge in [0, 0.05) is 60.3 Å². The number of aryl methyl sites for hydroxylation is 1. The first-order chi connectivity index (χ1) is 17.9. The Labute approximate surface area is 218 Å². The summed E-state index contributed by atoms with van der Waals surface area (Å²) in [7, 11) is 2.04. The molecule has 5 aromatic rings. The van der Waals surface area contributed by atoms with Gasteiger partial charge in [-0.3, -0.25) is 9.78 Å². The van der Waals surface area contributed by atoms with Gasteiger partial charge in [-0.1, -0.05) is 12.1 Å². The number of nitrogens with zero attached hydrogens (tertiary/aromatic N) is 4. The van der Waals surface area contributed by atoms with Gasteiger partial charge in [-0.15, -0.1) is 11.3 Å². The molecule has 1 saturated heterocycles. The zero-order valence-corrected chi connectivity index (χ0v) is 21.5. The molecule has 0 spiro atoms. The van der Waals surface area contributed by atoms with Crippen molar-refractivity contribution in [2.45, 2.75) is 6.92 Å². The van der Waals surface area contributed by atoms with Crippen molar-refractivity contribution >= 4 is 49.7 Å². The predicted molar refractivity (Wildman–Crippen MR) is 148 cm³/mol. The van der Waals surface area contributed by atoms with E-state index in [-0.39, 0.29) is 5.91 Å². The molecule has 1 N–H and O–H groups in total. The number of thiazole rings is 1. The Morgan fingerprint density at radius 1 is 0.973 bits per heavy atom. The van der Waals surface area contributed by atoms with Gasteiger partial charge in [-0.2, -0.15) is 0 Å². The second-order valence-corrected chi connectivity index (χ2v) is 10.7. The van der Waals surface area contributed by atoms with Crippen LogP contribution in [-0.2, 0) is 0 Å². The minimum Gasteiger partial charge on any atom is -0.355 e. The molecule has 6 rings (SSSR count). The topological polar surface area (TPSA) is 61.4 Å². The van der Waals surface area contributed by atoms with E-state index < -0.39 is 5.82 Å². The van der Waals surface area contributed by atoms with E-state index in [1.165, 1.54) is 6.07 Å². The molecule has 186 valence electrons. The summed E-state index contributed by atoms with van der Waals surface area (Å²) in [6.07, 6.45) is 1.76. The summed E-state index contributed by atoms with van der Waals surface area (Å²) < 4.78 is 16.5. The smallest absolute Gasteiger partial charge is 0.254 e. The molecule has 0 radical (unpaired) electrons. The first-order valence-electron chi connectivity index (χ1n) is 12.3. The normalized spacial score (nSPS) is 14.4. The first kappa shape index (κ1) is 23.5. The number of aromatic nitrogens is 2. The lowest BCUT2D eigenvalue weighted by Crippen LogP contribution is -2.47. The molecule has 0 unspecified atom stereocenters. The van der Waals surface area contributed by atoms with Gasteiger partial charge in [0.1, 0.15) is 5.82 Å². The van der Waals surface area contributed by atoms with Crippen LogP contribution in [-0.4, -0.2) is 58.9 Å². The number of halogens is 1. The lowest BCUT2D eigenvalue weighted by Gasteiger charge is -2.32. The number of nitrogens with one attached hydrogen (secondary N) is 1. The SMILES string of the molecule is Cc1nc2cc(Nc3ccnc4ccc(-c5ccc(C(=O)N6CCN(C)CC6)cc5F)cc34)ccc2s1. The van der Waals surface area contributed by atoms with Crippen LogP contribution in [0.15, 0.2) is 66.9 Å². The third kappa shape index (κ3) is 4.65. The van der Waals surface area contributed by atoms with Crippen LogP contribution in [0.25, 0.3) is 32.2 Å². The Morgan fingerprint density at radius 2 is 1.81 bits per heavy atom. The van der Waals surface area contributed by atoms with E-state index in [0.29, 0.717) is 24.2 Å². The number of amides is 1. The summed E-state index contributed by atoms with van der Waals surface area (Å²) in [5, 5.41) is 5.40. The fourth-order valence-electron chi connectivity index (χ4n) is 4.77. The summed E-state index contributed by atoms with van der Waals surface area (Å²) in [5.41, 5.74) is 5.12. The molecule has 0 saturated carbocycles. The van der Waals surface area contributed by atoms with Crippen LogP contribution in [0.5, 0.6) is 0 Å². The largest absolute Gasteiger partial charge is 0.355 e. The van der Waals surface area contributed by atoms with E-state index in [9.17, 15) is 4.79 Å². The summed E-state index contributed by atoms with van der Waals surface area (Å²) in [6.45, 7) is 4.96. The predicted octanol–water partition coefficient (Wildman–Crippen LogP) is 6.09. The molecule has 0 atom stereocenters. The highest BCUT2D eigenvalue weighted by Crippen LogP contribution is 2.33. The van der Waals surface area contributed by atoms with Gasteiger partial charge in [-0.05, 0) is 68.1 Å². The molecule has 2 aromatic heterocycles. The van der Waals surface area contributed by atoms with Crippen molar-refractivity contribution in [1.82, 2.24) is 19.8 Å². The van der Waals surface area contributed by atoms with Crippen molar-refractivity contribution < 1.29 is 9.18 Å². The maximum Gasteiger partial charge on any atom is 0.254 e. The van der Waals surface area contributed by atoms with Gasteiger partial charge in [0.2, 0.25) is 0 Å². The van der Waals surface area contributed by atoms with Crippen LogP contribution >= 0.6 is 11.3 Å². The average Bonchev–Trinajstić information content (AvgIpc) is 3.28. The monoisotopic (exact) mass is 511 g/mol. The van der Waals surface area contributed by atoms with Gasteiger partial charge in [-0.25, -0.2) is 9.37 Å². The number of hydrogen-bond donors (Lipinski definition) is 1. The van der Waals surface area contributed by atoms with Crippen molar-refractivity contribution in [1.29, 1.82) is 0 Å². The quantitative estimate of drug-likeness (QED) is 0.316. The van der Waals surface area contributed by atoms with Gasteiger partial charge in [0.15, 0.2) is 0 Å². The molecule has 3 heterocycles. The summed E-state index contributed by atoms with van der Waals surface area (Å²) in [6, 6.07) is 18.5. The van der Waals surface area contributed by atoms with E-state index in [0.717, 1.165) is 56.2 Å². The Balaban J connectivity index is 1.30. The maximum absolute atomic E-state index is 15.3. The van der Waals surface area contributed by atoms with Crippen molar-refractivity contribution in [3.8, 4) is 11.1 Å². The summed E-state index contributed by atoms with van der Waals surface area (Å²) >= 11 is 1.67. The zero-order valence-electron chi connectivity index (χ0n) is 20.7. The molecule has 6 nitrogen and oxygen atoms in total. The van der Waals surface area contributed by atoms with Crippen LogP contribution in [0.1, 0.15) is 15.4 Å². The van der Waals surface area contributed by atoms with E-state index in [4.69, 9.17) is 0 Å². The standard InChI is InChI=1S/C29H26FN5OS/c1-18-32-27-17-21(5-8-28(27)37-18)33-26-9-10-31-25-7-4-19(15-23(25)26)22-6-3-20(16-24(22)30)29(36)35-13-11-34(2)12-14-35/h3-10,15-17H,11-14H2,1-2H3,(H,31,33). The molecule has 8 heteroatoms. The lowest BCUT2D eigenvalue weighted by atomic mass is 10.00. The Kier molecular flexibility index (Phi) is 6.06. The molecular formula is C29H26FN5OS. The Hall–Kier alpha value is -3.88. The number of benzene rings is 3. The van der Waals surface area contributed by atoms with Crippen LogP contribution in [0.2, 0.25) is 0 Å². The van der Waals surface area contributed by atoms with Gasteiger partial charge in [0.05, 0.1) is 20.7 Å². The van der Waals surface area contributed by atoms with Crippen molar-refractivity contribution in [3.05, 3.63) is 83.2 Å². The molecule has 1 aliphatic rings. The van der Waals surface area contributed by atoms with Gasteiger partial charge < -0.3 is 15.1 Å². The number of hydrogen-bond acceptors (Lipinski definition) is 6. The fraction of sp³-hybridized carbons (Fsp3) is 0.207. The van der Waals surface area contributed by atoms with Crippen molar-refractivity contribution in [3.63, 3.8) is 0 Å². The lowest BCUT2D eigenvalue weighted by molar-refractivity contribution is 0.0663. The molecule has 0 bridgehead atoms. The van der Waals surface area contributed by atoms with Gasteiger partial charge >= 0.3 is 0 Å². The minimum absolute atomic E-state index is 0.125. The minimum atomic E-state index is -0.415. The Morgan fingerprint density at radius 3 is 2.62 bits per heavy atom. The molecule has 0 aliphatic carbocycles. The van der Waals surface area contributed by atoms with Crippen LogP contribution in [0.4, 0.5) is 15.8 Å².